The summed E-state index contributed by atoms with van der Waals surface area (Å²) in [6.07, 6.45) is 2.48. The molecule has 0 spiro atoms. The Labute approximate surface area is 136 Å². The molecule has 1 fully saturated rings. The van der Waals surface area contributed by atoms with Crippen LogP contribution in [0.15, 0.2) is 54.6 Å². The van der Waals surface area contributed by atoms with Crippen LogP contribution in [0.1, 0.15) is 24.3 Å². The van der Waals surface area contributed by atoms with Crippen molar-refractivity contribution in [3.63, 3.8) is 0 Å². The molecule has 3 rings (SSSR count). The third-order valence-corrected chi connectivity index (χ3v) is 5.38. The molecule has 5 heteroatoms. The number of carbonyl (C=O) groups is 1. The van der Waals surface area contributed by atoms with Crippen molar-refractivity contribution in [1.82, 2.24) is 4.31 Å². The fraction of sp³-hybridized carbons (Fsp3) is 0.278. The van der Waals surface area contributed by atoms with Gasteiger partial charge in [-0.2, -0.15) is 0 Å². The van der Waals surface area contributed by atoms with Crippen LogP contribution in [0.3, 0.4) is 0 Å². The molecule has 1 amide bonds. The zero-order valence-electron chi connectivity index (χ0n) is 13.0. The topological polar surface area (TPSA) is 54.5 Å². The lowest BCUT2D eigenvalue weighted by Gasteiger charge is -2.30. The van der Waals surface area contributed by atoms with Crippen molar-refractivity contribution in [3.8, 4) is 11.1 Å². The van der Waals surface area contributed by atoms with Crippen LogP contribution in [0.4, 0.5) is 0 Å². The Kier molecular flexibility index (Phi) is 4.22. The summed E-state index contributed by atoms with van der Waals surface area (Å²) in [5.41, 5.74) is 3.08. The third-order valence-electron chi connectivity index (χ3n) is 4.22. The maximum Gasteiger partial charge on any atom is 0.243 e. The molecule has 0 bridgehead atoms. The molecule has 1 aliphatic rings. The minimum atomic E-state index is -3.48. The molecule has 0 saturated carbocycles. The highest BCUT2D eigenvalue weighted by Crippen LogP contribution is 2.31. The van der Waals surface area contributed by atoms with Crippen LogP contribution in [0, 0.1) is 0 Å². The Hall–Kier alpha value is -2.14. The summed E-state index contributed by atoms with van der Waals surface area (Å²) in [6.45, 7) is 0.288. The van der Waals surface area contributed by atoms with E-state index >= 15 is 0 Å². The van der Waals surface area contributed by atoms with Crippen LogP contribution in [-0.2, 0) is 14.8 Å². The van der Waals surface area contributed by atoms with E-state index in [0.29, 0.717) is 12.8 Å². The number of rotatable bonds is 3. The standard InChI is InChI=1S/C18H19NO3S/c1-23(21,22)19-13-5-8-17(18(19)20)16-11-9-15(10-12-16)14-6-3-2-4-7-14/h2-4,6-7,9-12,17H,5,8,13H2,1H3. The molecule has 1 unspecified atom stereocenters. The molecule has 0 N–H and O–H groups in total. The first-order valence-corrected chi connectivity index (χ1v) is 9.48. The molecule has 1 atom stereocenters. The Morgan fingerprint density at radius 2 is 1.57 bits per heavy atom. The minimum absolute atomic E-state index is 0.288. The SMILES string of the molecule is CS(=O)(=O)N1CCCC(c2ccc(-c3ccccc3)cc2)C1=O. The van der Waals surface area contributed by atoms with E-state index < -0.39 is 10.0 Å². The number of hydrogen-bond donors (Lipinski definition) is 0. The average Bonchev–Trinajstić information content (AvgIpc) is 2.55. The Morgan fingerprint density at radius 1 is 0.957 bits per heavy atom. The number of piperidine rings is 1. The molecule has 1 heterocycles. The molecule has 0 aromatic heterocycles. The van der Waals surface area contributed by atoms with E-state index in [-0.39, 0.29) is 18.4 Å². The van der Waals surface area contributed by atoms with Gasteiger partial charge in [-0.15, -0.1) is 0 Å². The molecule has 120 valence electrons. The molecule has 4 nitrogen and oxygen atoms in total. The molecule has 2 aromatic carbocycles. The lowest BCUT2D eigenvalue weighted by atomic mass is 9.90. The summed E-state index contributed by atoms with van der Waals surface area (Å²) in [7, 11) is -3.48. The van der Waals surface area contributed by atoms with Crippen molar-refractivity contribution in [1.29, 1.82) is 0 Å². The summed E-state index contributed by atoms with van der Waals surface area (Å²) >= 11 is 0. The molecular formula is C18H19NO3S. The average molecular weight is 329 g/mol. The van der Waals surface area contributed by atoms with Crippen LogP contribution >= 0.6 is 0 Å². The van der Waals surface area contributed by atoms with Gasteiger partial charge >= 0.3 is 0 Å². The van der Waals surface area contributed by atoms with E-state index in [1.54, 1.807) is 0 Å². The largest absolute Gasteiger partial charge is 0.273 e. The van der Waals surface area contributed by atoms with Gasteiger partial charge < -0.3 is 0 Å². The summed E-state index contributed by atoms with van der Waals surface area (Å²) in [5, 5.41) is 0. The first kappa shape index (κ1) is 15.7. The van der Waals surface area contributed by atoms with E-state index in [4.69, 9.17) is 0 Å². The Bertz CT molecular complexity index is 798. The molecule has 0 radical (unpaired) electrons. The van der Waals surface area contributed by atoms with Gasteiger partial charge in [0.1, 0.15) is 0 Å². The van der Waals surface area contributed by atoms with Gasteiger partial charge in [0, 0.05) is 6.54 Å². The van der Waals surface area contributed by atoms with E-state index in [1.807, 2.05) is 54.6 Å². The molecule has 2 aromatic rings. The second-order valence-corrected chi connectivity index (χ2v) is 7.76. The summed E-state index contributed by atoms with van der Waals surface area (Å²) < 4.78 is 24.4. The number of benzene rings is 2. The van der Waals surface area contributed by atoms with Crippen LogP contribution in [0.25, 0.3) is 11.1 Å². The third kappa shape index (κ3) is 3.29. The summed E-state index contributed by atoms with van der Waals surface area (Å²) in [6, 6.07) is 17.8. The summed E-state index contributed by atoms with van der Waals surface area (Å²) in [4.78, 5) is 12.5. The smallest absolute Gasteiger partial charge is 0.243 e. The summed E-state index contributed by atoms with van der Waals surface area (Å²) in [5.74, 6) is -0.686. The molecule has 1 aliphatic heterocycles. The van der Waals surface area contributed by atoms with Crippen molar-refractivity contribution in [3.05, 3.63) is 60.2 Å². The van der Waals surface area contributed by atoms with Gasteiger partial charge in [0.25, 0.3) is 0 Å². The van der Waals surface area contributed by atoms with Crippen LogP contribution in [0.2, 0.25) is 0 Å². The van der Waals surface area contributed by atoms with Gasteiger partial charge in [0.05, 0.1) is 12.2 Å². The molecular weight excluding hydrogens is 310 g/mol. The molecule has 23 heavy (non-hydrogen) atoms. The predicted molar refractivity (Wildman–Crippen MR) is 90.4 cm³/mol. The van der Waals surface area contributed by atoms with E-state index in [9.17, 15) is 13.2 Å². The van der Waals surface area contributed by atoms with Crippen molar-refractivity contribution in [2.45, 2.75) is 18.8 Å². The van der Waals surface area contributed by atoms with Crippen molar-refractivity contribution < 1.29 is 13.2 Å². The van der Waals surface area contributed by atoms with E-state index in [0.717, 1.165) is 27.3 Å². The number of sulfonamides is 1. The van der Waals surface area contributed by atoms with Gasteiger partial charge in [-0.1, -0.05) is 54.6 Å². The molecule has 1 saturated heterocycles. The van der Waals surface area contributed by atoms with Gasteiger partial charge in [0.2, 0.25) is 15.9 Å². The number of amides is 1. The highest BCUT2D eigenvalue weighted by molar-refractivity contribution is 7.88. The Morgan fingerprint density at radius 3 is 2.17 bits per heavy atom. The minimum Gasteiger partial charge on any atom is -0.273 e. The predicted octanol–water partition coefficient (Wildman–Crippen LogP) is 3.02. The highest BCUT2D eigenvalue weighted by Gasteiger charge is 2.34. The van der Waals surface area contributed by atoms with Crippen molar-refractivity contribution in [2.75, 3.05) is 12.8 Å². The normalized spacial score (nSPS) is 18.9. The monoisotopic (exact) mass is 329 g/mol. The lowest BCUT2D eigenvalue weighted by molar-refractivity contribution is -0.129. The second kappa shape index (κ2) is 6.16. The quantitative estimate of drug-likeness (QED) is 0.870. The maximum atomic E-state index is 12.5. The lowest BCUT2D eigenvalue weighted by Crippen LogP contribution is -2.43. The van der Waals surface area contributed by atoms with Gasteiger partial charge in [0.15, 0.2) is 0 Å². The fourth-order valence-corrected chi connectivity index (χ4v) is 3.94. The molecule has 0 aliphatic carbocycles. The van der Waals surface area contributed by atoms with Crippen LogP contribution < -0.4 is 0 Å². The fourth-order valence-electron chi connectivity index (χ4n) is 3.02. The van der Waals surface area contributed by atoms with Crippen LogP contribution in [-0.4, -0.2) is 31.4 Å². The highest BCUT2D eigenvalue weighted by atomic mass is 32.2. The van der Waals surface area contributed by atoms with E-state index in [1.165, 1.54) is 0 Å². The van der Waals surface area contributed by atoms with Crippen molar-refractivity contribution >= 4 is 15.9 Å². The van der Waals surface area contributed by atoms with Gasteiger partial charge in [-0.3, -0.25) is 4.79 Å². The van der Waals surface area contributed by atoms with Gasteiger partial charge in [-0.25, -0.2) is 12.7 Å². The maximum absolute atomic E-state index is 12.5. The zero-order valence-corrected chi connectivity index (χ0v) is 13.8. The first-order valence-electron chi connectivity index (χ1n) is 7.64. The van der Waals surface area contributed by atoms with Crippen LogP contribution in [0.5, 0.6) is 0 Å². The second-order valence-electron chi connectivity index (χ2n) is 5.86. The van der Waals surface area contributed by atoms with E-state index in [2.05, 4.69) is 0 Å². The number of carbonyl (C=O) groups excluding carboxylic acids is 1. The number of nitrogens with zero attached hydrogens (tertiary/aromatic N) is 1. The first-order chi connectivity index (χ1) is 11.0. The zero-order chi connectivity index (χ0) is 16.4. The van der Waals surface area contributed by atoms with Crippen molar-refractivity contribution in [2.24, 2.45) is 0 Å². The van der Waals surface area contributed by atoms with Gasteiger partial charge in [-0.05, 0) is 29.5 Å². The Balaban J connectivity index is 1.86. The number of hydrogen-bond acceptors (Lipinski definition) is 3.